The molecule has 0 aromatic heterocycles. The number of urea groups is 1. The molecule has 23 heavy (non-hydrogen) atoms. The van der Waals surface area contributed by atoms with Crippen molar-refractivity contribution >= 4 is 35.0 Å². The van der Waals surface area contributed by atoms with Crippen LogP contribution in [0.1, 0.15) is 5.56 Å². The van der Waals surface area contributed by atoms with E-state index in [4.69, 9.17) is 12.2 Å². The Bertz CT molecular complexity index is 677. The Kier molecular flexibility index (Phi) is 6.07. The van der Waals surface area contributed by atoms with Crippen LogP contribution < -0.4 is 21.5 Å². The molecule has 0 fully saturated rings. The first-order chi connectivity index (χ1) is 11.1. The third-order valence-electron chi connectivity index (χ3n) is 2.78. The maximum absolute atomic E-state index is 11.8. The minimum Gasteiger partial charge on any atom is -0.307 e. The summed E-state index contributed by atoms with van der Waals surface area (Å²) in [5.74, 6) is -0.265. The highest BCUT2D eigenvalue weighted by Gasteiger charge is 2.06. The van der Waals surface area contributed by atoms with Crippen molar-refractivity contribution in [1.29, 1.82) is 0 Å². The minimum atomic E-state index is -0.490. The first-order valence-corrected chi connectivity index (χ1v) is 7.30. The van der Waals surface area contributed by atoms with Gasteiger partial charge in [0.2, 0.25) is 5.91 Å². The average molecular weight is 328 g/mol. The molecule has 2 rings (SSSR count). The fourth-order valence-corrected chi connectivity index (χ4v) is 1.95. The van der Waals surface area contributed by atoms with Crippen LogP contribution in [0.4, 0.5) is 10.5 Å². The van der Waals surface area contributed by atoms with Crippen LogP contribution in [0, 0.1) is 0 Å². The summed E-state index contributed by atoms with van der Waals surface area (Å²) in [5, 5.41) is 5.11. The van der Waals surface area contributed by atoms with Gasteiger partial charge >= 0.3 is 6.03 Å². The number of carbonyl (C=O) groups is 2. The van der Waals surface area contributed by atoms with E-state index in [1.807, 2.05) is 36.4 Å². The lowest BCUT2D eigenvalue weighted by Crippen LogP contribution is -2.50. The first kappa shape index (κ1) is 16.4. The second kappa shape index (κ2) is 8.50. The number of rotatable bonds is 3. The van der Waals surface area contributed by atoms with E-state index in [0.29, 0.717) is 5.69 Å². The van der Waals surface area contributed by atoms with Crippen molar-refractivity contribution in [3.8, 4) is 0 Å². The van der Waals surface area contributed by atoms with Crippen LogP contribution in [-0.4, -0.2) is 17.1 Å². The number of hydrogen-bond donors (Lipinski definition) is 4. The van der Waals surface area contributed by atoms with E-state index in [2.05, 4.69) is 21.5 Å². The second-order valence-corrected chi connectivity index (χ2v) is 5.02. The van der Waals surface area contributed by atoms with E-state index < -0.39 is 6.03 Å². The molecule has 0 saturated heterocycles. The maximum Gasteiger partial charge on any atom is 0.337 e. The smallest absolute Gasteiger partial charge is 0.307 e. The van der Waals surface area contributed by atoms with E-state index in [-0.39, 0.29) is 17.4 Å². The molecule has 0 heterocycles. The molecule has 2 aromatic carbocycles. The van der Waals surface area contributed by atoms with Crippen molar-refractivity contribution in [2.45, 2.75) is 6.42 Å². The van der Waals surface area contributed by atoms with Gasteiger partial charge in [0, 0.05) is 5.69 Å². The third-order valence-corrected chi connectivity index (χ3v) is 2.99. The maximum atomic E-state index is 11.8. The molecule has 7 heteroatoms. The van der Waals surface area contributed by atoms with Crippen LogP contribution in [0.15, 0.2) is 60.7 Å². The van der Waals surface area contributed by atoms with Crippen molar-refractivity contribution in [3.63, 3.8) is 0 Å². The predicted molar refractivity (Wildman–Crippen MR) is 92.6 cm³/mol. The molecule has 0 unspecified atom stereocenters. The quantitative estimate of drug-likeness (QED) is 0.513. The van der Waals surface area contributed by atoms with Gasteiger partial charge in [0.25, 0.3) is 0 Å². The van der Waals surface area contributed by atoms with Crippen LogP contribution in [0.5, 0.6) is 0 Å². The van der Waals surface area contributed by atoms with Crippen molar-refractivity contribution in [1.82, 2.24) is 16.2 Å². The summed E-state index contributed by atoms with van der Waals surface area (Å²) < 4.78 is 0. The molecule has 3 amide bonds. The molecular formula is C16H16N4O2S. The van der Waals surface area contributed by atoms with Gasteiger partial charge in [0.15, 0.2) is 5.11 Å². The number of para-hydroxylation sites is 1. The lowest BCUT2D eigenvalue weighted by molar-refractivity contribution is -0.119. The highest BCUT2D eigenvalue weighted by Crippen LogP contribution is 2.03. The normalized spacial score (nSPS) is 9.57. The van der Waals surface area contributed by atoms with Crippen LogP contribution in [0.3, 0.4) is 0 Å². The number of anilines is 1. The summed E-state index contributed by atoms with van der Waals surface area (Å²) in [6, 6.07) is 17.7. The topological polar surface area (TPSA) is 82.3 Å². The minimum absolute atomic E-state index is 0.0224. The molecule has 0 aliphatic rings. The summed E-state index contributed by atoms with van der Waals surface area (Å²) in [4.78, 5) is 23.4. The molecule has 2 aromatic rings. The Labute approximate surface area is 139 Å². The lowest BCUT2D eigenvalue weighted by atomic mass is 10.1. The zero-order valence-electron chi connectivity index (χ0n) is 12.2. The summed E-state index contributed by atoms with van der Waals surface area (Å²) in [7, 11) is 0. The monoisotopic (exact) mass is 328 g/mol. The van der Waals surface area contributed by atoms with Crippen LogP contribution in [-0.2, 0) is 11.2 Å². The number of nitrogens with one attached hydrogen (secondary N) is 4. The van der Waals surface area contributed by atoms with E-state index in [1.54, 1.807) is 24.3 Å². The molecular weight excluding hydrogens is 312 g/mol. The van der Waals surface area contributed by atoms with E-state index >= 15 is 0 Å². The van der Waals surface area contributed by atoms with Gasteiger partial charge in [-0.25, -0.2) is 10.2 Å². The molecule has 0 atom stereocenters. The van der Waals surface area contributed by atoms with Gasteiger partial charge in [-0.15, -0.1) is 0 Å². The van der Waals surface area contributed by atoms with Crippen molar-refractivity contribution < 1.29 is 9.59 Å². The van der Waals surface area contributed by atoms with Gasteiger partial charge in [0.1, 0.15) is 0 Å². The molecule has 0 saturated carbocycles. The number of carbonyl (C=O) groups excluding carboxylic acids is 2. The Hall–Kier alpha value is -2.93. The Morgan fingerprint density at radius 3 is 2.13 bits per heavy atom. The van der Waals surface area contributed by atoms with Crippen molar-refractivity contribution in [3.05, 3.63) is 66.2 Å². The average Bonchev–Trinajstić information content (AvgIpc) is 2.55. The van der Waals surface area contributed by atoms with Crippen LogP contribution in [0.2, 0.25) is 0 Å². The van der Waals surface area contributed by atoms with Crippen molar-refractivity contribution in [2.75, 3.05) is 5.32 Å². The molecule has 0 bridgehead atoms. The Morgan fingerprint density at radius 1 is 0.870 bits per heavy atom. The van der Waals surface area contributed by atoms with Gasteiger partial charge in [0.05, 0.1) is 6.42 Å². The molecule has 4 N–H and O–H groups in total. The highest BCUT2D eigenvalue weighted by molar-refractivity contribution is 7.80. The fourth-order valence-electron chi connectivity index (χ4n) is 1.78. The first-order valence-electron chi connectivity index (χ1n) is 6.89. The molecule has 6 nitrogen and oxygen atoms in total. The summed E-state index contributed by atoms with van der Waals surface area (Å²) in [5.41, 5.74) is 6.32. The molecule has 0 spiro atoms. The Balaban J connectivity index is 1.70. The van der Waals surface area contributed by atoms with Gasteiger partial charge in [-0.3, -0.25) is 10.2 Å². The van der Waals surface area contributed by atoms with Gasteiger partial charge < -0.3 is 10.6 Å². The zero-order chi connectivity index (χ0) is 16.5. The predicted octanol–water partition coefficient (Wildman–Crippen LogP) is 1.96. The number of hydrogen-bond acceptors (Lipinski definition) is 3. The summed E-state index contributed by atoms with van der Waals surface area (Å²) >= 11 is 4.94. The molecule has 118 valence electrons. The van der Waals surface area contributed by atoms with Gasteiger partial charge in [-0.2, -0.15) is 0 Å². The number of hydrazine groups is 1. The Morgan fingerprint density at radius 2 is 1.48 bits per heavy atom. The largest absolute Gasteiger partial charge is 0.337 e. The van der Waals surface area contributed by atoms with E-state index in [1.165, 1.54) is 0 Å². The van der Waals surface area contributed by atoms with Crippen LogP contribution in [0.25, 0.3) is 0 Å². The number of thiocarbonyl (C=S) groups is 1. The van der Waals surface area contributed by atoms with Gasteiger partial charge in [-0.05, 0) is 29.9 Å². The SMILES string of the molecule is O=C(Cc1ccccc1)NC(=S)NNC(=O)Nc1ccccc1. The zero-order valence-corrected chi connectivity index (χ0v) is 13.0. The second-order valence-electron chi connectivity index (χ2n) is 4.61. The van der Waals surface area contributed by atoms with Gasteiger partial charge in [-0.1, -0.05) is 48.5 Å². The standard InChI is InChI=1S/C16H16N4O2S/c21-14(11-12-7-3-1-4-8-12)18-16(23)20-19-15(22)17-13-9-5-2-6-10-13/h1-10H,11H2,(H2,17,19,22)(H2,18,20,21,23). The van der Waals surface area contributed by atoms with E-state index in [9.17, 15) is 9.59 Å². The molecule has 0 aliphatic carbocycles. The van der Waals surface area contributed by atoms with E-state index in [0.717, 1.165) is 5.56 Å². The molecule has 0 radical (unpaired) electrons. The number of benzene rings is 2. The molecule has 0 aliphatic heterocycles. The lowest BCUT2D eigenvalue weighted by Gasteiger charge is -2.11. The number of amides is 3. The van der Waals surface area contributed by atoms with Crippen molar-refractivity contribution in [2.24, 2.45) is 0 Å². The van der Waals surface area contributed by atoms with Crippen LogP contribution >= 0.6 is 12.2 Å². The third kappa shape index (κ3) is 6.15. The highest BCUT2D eigenvalue weighted by atomic mass is 32.1. The summed E-state index contributed by atoms with van der Waals surface area (Å²) in [6.07, 6.45) is 0.207. The summed E-state index contributed by atoms with van der Waals surface area (Å²) in [6.45, 7) is 0. The fraction of sp³-hybridized carbons (Fsp3) is 0.0625.